The lowest BCUT2D eigenvalue weighted by Crippen LogP contribution is -2.03. The molecule has 3 nitrogen and oxygen atoms in total. The fourth-order valence-corrected chi connectivity index (χ4v) is 1.77. The van der Waals surface area contributed by atoms with Gasteiger partial charge in [0.2, 0.25) is 0 Å². The van der Waals surface area contributed by atoms with Gasteiger partial charge in [0, 0.05) is 16.2 Å². The molecule has 0 radical (unpaired) electrons. The molecule has 0 fully saturated rings. The van der Waals surface area contributed by atoms with E-state index in [1.54, 1.807) is 6.20 Å². The van der Waals surface area contributed by atoms with Crippen LogP contribution in [0.1, 0.15) is 10.5 Å². The molecule has 0 atom stereocenters. The number of halogens is 1. The highest BCUT2D eigenvalue weighted by Gasteiger charge is 2.13. The van der Waals surface area contributed by atoms with E-state index in [1.165, 1.54) is 7.11 Å². The zero-order chi connectivity index (χ0) is 11.5. The Labute approximate surface area is 102 Å². The van der Waals surface area contributed by atoms with E-state index in [-0.39, 0.29) is 5.97 Å². The number of aromatic amines is 1. The first-order chi connectivity index (χ1) is 7.72. The van der Waals surface area contributed by atoms with Gasteiger partial charge in [-0.25, -0.2) is 4.79 Å². The predicted octanol–water partition coefficient (Wildman–Crippen LogP) is 3.23. The van der Waals surface area contributed by atoms with Gasteiger partial charge in [-0.1, -0.05) is 28.1 Å². The number of rotatable bonds is 2. The van der Waals surface area contributed by atoms with Crippen molar-refractivity contribution in [2.24, 2.45) is 0 Å². The number of esters is 1. The predicted molar refractivity (Wildman–Crippen MR) is 65.3 cm³/mol. The molecule has 0 aliphatic heterocycles. The quantitative estimate of drug-likeness (QED) is 0.858. The number of nitrogens with one attached hydrogen (secondary N) is 1. The van der Waals surface area contributed by atoms with Gasteiger partial charge in [-0.05, 0) is 23.8 Å². The van der Waals surface area contributed by atoms with Crippen molar-refractivity contribution >= 4 is 21.9 Å². The number of carbonyl (C=O) groups is 1. The minimum absolute atomic E-state index is 0.358. The second-order valence-electron chi connectivity index (χ2n) is 3.26. The molecule has 1 heterocycles. The van der Waals surface area contributed by atoms with Crippen molar-refractivity contribution < 1.29 is 9.53 Å². The van der Waals surface area contributed by atoms with Gasteiger partial charge in [-0.3, -0.25) is 0 Å². The second-order valence-corrected chi connectivity index (χ2v) is 4.18. The molecule has 0 saturated carbocycles. The fourth-order valence-electron chi connectivity index (χ4n) is 1.51. The third kappa shape index (κ3) is 2.02. The third-order valence-electron chi connectivity index (χ3n) is 2.29. The van der Waals surface area contributed by atoms with Crippen LogP contribution in [0.4, 0.5) is 0 Å². The average Bonchev–Trinajstić information content (AvgIpc) is 2.78. The summed E-state index contributed by atoms with van der Waals surface area (Å²) in [6, 6.07) is 9.61. The normalized spacial score (nSPS) is 10.1. The Bertz CT molecular complexity index is 502. The van der Waals surface area contributed by atoms with Crippen LogP contribution >= 0.6 is 15.9 Å². The van der Waals surface area contributed by atoms with Crippen LogP contribution in [0, 0.1) is 0 Å². The minimum atomic E-state index is -0.358. The monoisotopic (exact) mass is 279 g/mol. The Morgan fingerprint density at radius 3 is 2.56 bits per heavy atom. The molecule has 1 aromatic carbocycles. The summed E-state index contributed by atoms with van der Waals surface area (Å²) in [5.41, 5.74) is 2.30. The highest BCUT2D eigenvalue weighted by molar-refractivity contribution is 9.10. The van der Waals surface area contributed by atoms with E-state index < -0.39 is 0 Å². The van der Waals surface area contributed by atoms with Crippen molar-refractivity contribution in [3.63, 3.8) is 0 Å². The van der Waals surface area contributed by atoms with Crippen LogP contribution in [0.2, 0.25) is 0 Å². The Kier molecular flexibility index (Phi) is 3.10. The van der Waals surface area contributed by atoms with Gasteiger partial charge in [0.15, 0.2) is 0 Å². The van der Waals surface area contributed by atoms with Gasteiger partial charge < -0.3 is 9.72 Å². The molecule has 0 bridgehead atoms. The highest BCUT2D eigenvalue weighted by atomic mass is 79.9. The summed E-state index contributed by atoms with van der Waals surface area (Å²) in [6.07, 6.45) is 1.73. The smallest absolute Gasteiger partial charge is 0.355 e. The topological polar surface area (TPSA) is 42.1 Å². The van der Waals surface area contributed by atoms with Gasteiger partial charge in [-0.15, -0.1) is 0 Å². The van der Waals surface area contributed by atoms with E-state index in [4.69, 9.17) is 4.74 Å². The molecule has 0 amide bonds. The van der Waals surface area contributed by atoms with E-state index in [0.29, 0.717) is 5.69 Å². The summed E-state index contributed by atoms with van der Waals surface area (Å²) in [4.78, 5) is 14.4. The van der Waals surface area contributed by atoms with Crippen molar-refractivity contribution in [3.05, 3.63) is 46.7 Å². The van der Waals surface area contributed by atoms with Crippen molar-refractivity contribution in [1.29, 1.82) is 0 Å². The summed E-state index contributed by atoms with van der Waals surface area (Å²) >= 11 is 3.37. The lowest BCUT2D eigenvalue weighted by Gasteiger charge is -2.02. The van der Waals surface area contributed by atoms with Crippen LogP contribution < -0.4 is 0 Å². The molecule has 1 aromatic heterocycles. The Morgan fingerprint density at radius 2 is 1.94 bits per heavy atom. The summed E-state index contributed by atoms with van der Waals surface area (Å²) in [5.74, 6) is -0.358. The van der Waals surface area contributed by atoms with Gasteiger partial charge in [0.1, 0.15) is 5.69 Å². The number of benzene rings is 1. The SMILES string of the molecule is COC(=O)c1[nH]ccc1-c1ccc(Br)cc1. The summed E-state index contributed by atoms with van der Waals surface area (Å²) < 4.78 is 5.71. The first-order valence-corrected chi connectivity index (χ1v) is 5.53. The lowest BCUT2D eigenvalue weighted by atomic mass is 10.1. The number of methoxy groups -OCH3 is 1. The molecule has 0 spiro atoms. The molecule has 16 heavy (non-hydrogen) atoms. The number of H-pyrrole nitrogens is 1. The van der Waals surface area contributed by atoms with E-state index >= 15 is 0 Å². The van der Waals surface area contributed by atoms with Crippen molar-refractivity contribution in [1.82, 2.24) is 4.98 Å². The van der Waals surface area contributed by atoms with Gasteiger partial charge in [-0.2, -0.15) is 0 Å². The van der Waals surface area contributed by atoms with Crippen LogP contribution in [0.3, 0.4) is 0 Å². The van der Waals surface area contributed by atoms with Crippen molar-refractivity contribution in [2.75, 3.05) is 7.11 Å². The Hall–Kier alpha value is -1.55. The summed E-state index contributed by atoms with van der Waals surface area (Å²) in [6.45, 7) is 0. The molecule has 1 N–H and O–H groups in total. The molecule has 4 heteroatoms. The number of ether oxygens (including phenoxy) is 1. The van der Waals surface area contributed by atoms with Crippen LogP contribution in [0.15, 0.2) is 41.0 Å². The Balaban J connectivity index is 2.44. The fraction of sp³-hybridized carbons (Fsp3) is 0.0833. The highest BCUT2D eigenvalue weighted by Crippen LogP contribution is 2.25. The maximum Gasteiger partial charge on any atom is 0.355 e. The largest absolute Gasteiger partial charge is 0.464 e. The Morgan fingerprint density at radius 1 is 1.25 bits per heavy atom. The van der Waals surface area contributed by atoms with Crippen molar-refractivity contribution in [3.8, 4) is 11.1 Å². The summed E-state index contributed by atoms with van der Waals surface area (Å²) in [5, 5.41) is 0. The molecule has 2 aromatic rings. The average molecular weight is 280 g/mol. The van der Waals surface area contributed by atoms with Crippen LogP contribution in [0.5, 0.6) is 0 Å². The first kappa shape index (κ1) is 11.0. The van der Waals surface area contributed by atoms with Crippen LogP contribution in [0.25, 0.3) is 11.1 Å². The number of carbonyl (C=O) groups excluding carboxylic acids is 1. The minimum Gasteiger partial charge on any atom is -0.464 e. The zero-order valence-corrected chi connectivity index (χ0v) is 10.2. The van der Waals surface area contributed by atoms with Gasteiger partial charge in [0.05, 0.1) is 7.11 Å². The lowest BCUT2D eigenvalue weighted by molar-refractivity contribution is 0.0596. The second kappa shape index (κ2) is 4.53. The number of hydrogen-bond acceptors (Lipinski definition) is 2. The van der Waals surface area contributed by atoms with Gasteiger partial charge in [0.25, 0.3) is 0 Å². The summed E-state index contributed by atoms with van der Waals surface area (Å²) in [7, 11) is 1.37. The molecule has 0 aliphatic carbocycles. The maximum absolute atomic E-state index is 11.5. The van der Waals surface area contributed by atoms with Crippen LogP contribution in [-0.4, -0.2) is 18.1 Å². The zero-order valence-electron chi connectivity index (χ0n) is 8.66. The van der Waals surface area contributed by atoms with Crippen molar-refractivity contribution in [2.45, 2.75) is 0 Å². The number of aromatic nitrogens is 1. The van der Waals surface area contributed by atoms with Gasteiger partial charge >= 0.3 is 5.97 Å². The molecular weight excluding hydrogens is 270 g/mol. The van der Waals surface area contributed by atoms with E-state index in [2.05, 4.69) is 20.9 Å². The standard InChI is InChI=1S/C12H10BrNO2/c1-16-12(15)11-10(6-7-14-11)8-2-4-9(13)5-3-8/h2-7,14H,1H3. The van der Waals surface area contributed by atoms with Crippen LogP contribution in [-0.2, 0) is 4.74 Å². The van der Waals surface area contributed by atoms with E-state index in [9.17, 15) is 4.79 Å². The molecule has 82 valence electrons. The number of hydrogen-bond donors (Lipinski definition) is 1. The molecular formula is C12H10BrNO2. The third-order valence-corrected chi connectivity index (χ3v) is 2.82. The molecule has 0 unspecified atom stereocenters. The maximum atomic E-state index is 11.5. The molecule has 0 aliphatic rings. The van der Waals surface area contributed by atoms with E-state index in [0.717, 1.165) is 15.6 Å². The molecule has 0 saturated heterocycles. The molecule has 2 rings (SSSR count). The van der Waals surface area contributed by atoms with E-state index in [1.807, 2.05) is 30.3 Å². The first-order valence-electron chi connectivity index (χ1n) is 4.74.